The first-order chi connectivity index (χ1) is 9.24. The quantitative estimate of drug-likeness (QED) is 0.749. The highest BCUT2D eigenvalue weighted by Crippen LogP contribution is 2.33. The second-order valence-corrected chi connectivity index (χ2v) is 5.33. The molecule has 2 aromatic rings. The van der Waals surface area contributed by atoms with Gasteiger partial charge in [0.1, 0.15) is 5.82 Å². The maximum Gasteiger partial charge on any atom is 0.123 e. The molecule has 1 nitrogen and oxygen atoms in total. The summed E-state index contributed by atoms with van der Waals surface area (Å²) < 4.78 is 13.5. The molecule has 2 heteroatoms. The predicted molar refractivity (Wildman–Crippen MR) is 75.6 cm³/mol. The van der Waals surface area contributed by atoms with E-state index in [-0.39, 0.29) is 5.82 Å². The zero-order valence-corrected chi connectivity index (χ0v) is 11.1. The Morgan fingerprint density at radius 2 is 1.89 bits per heavy atom. The highest BCUT2D eigenvalue weighted by atomic mass is 19.1. The molecular weight excluding hydrogens is 237 g/mol. The van der Waals surface area contributed by atoms with E-state index in [1.54, 1.807) is 12.1 Å². The van der Waals surface area contributed by atoms with E-state index in [0.29, 0.717) is 5.92 Å². The Balaban J connectivity index is 2.07. The summed E-state index contributed by atoms with van der Waals surface area (Å²) in [5.74, 6) is 0.239. The highest BCUT2D eigenvalue weighted by molar-refractivity contribution is 5.39. The Morgan fingerprint density at radius 1 is 1.11 bits per heavy atom. The molecule has 3 rings (SSSR count). The van der Waals surface area contributed by atoms with Crippen molar-refractivity contribution in [2.75, 3.05) is 13.6 Å². The van der Waals surface area contributed by atoms with Crippen molar-refractivity contribution in [1.82, 2.24) is 4.90 Å². The summed E-state index contributed by atoms with van der Waals surface area (Å²) >= 11 is 0. The van der Waals surface area contributed by atoms with E-state index < -0.39 is 0 Å². The third-order valence-corrected chi connectivity index (χ3v) is 3.92. The molecule has 1 heterocycles. The fourth-order valence-corrected chi connectivity index (χ4v) is 2.96. The third kappa shape index (κ3) is 2.54. The number of fused-ring (bicyclic) bond motifs is 1. The minimum absolute atomic E-state index is 0.138. The molecule has 1 atom stereocenters. The van der Waals surface area contributed by atoms with Crippen LogP contribution in [0.25, 0.3) is 0 Å². The summed E-state index contributed by atoms with van der Waals surface area (Å²) in [5.41, 5.74) is 3.72. The van der Waals surface area contributed by atoms with Gasteiger partial charge in [-0.15, -0.1) is 0 Å². The molecule has 2 aromatic carbocycles. The van der Waals surface area contributed by atoms with Crippen LogP contribution in [0.15, 0.2) is 48.5 Å². The molecule has 98 valence electrons. The Labute approximate surface area is 113 Å². The molecule has 0 radical (unpaired) electrons. The van der Waals surface area contributed by atoms with Crippen LogP contribution in [0.3, 0.4) is 0 Å². The van der Waals surface area contributed by atoms with E-state index >= 15 is 0 Å². The van der Waals surface area contributed by atoms with Gasteiger partial charge < -0.3 is 4.90 Å². The van der Waals surface area contributed by atoms with Gasteiger partial charge in [0.05, 0.1) is 0 Å². The van der Waals surface area contributed by atoms with Gasteiger partial charge in [-0.2, -0.15) is 0 Å². The van der Waals surface area contributed by atoms with Crippen LogP contribution in [0.5, 0.6) is 0 Å². The van der Waals surface area contributed by atoms with Crippen LogP contribution in [0, 0.1) is 5.82 Å². The van der Waals surface area contributed by atoms with Gasteiger partial charge >= 0.3 is 0 Å². The van der Waals surface area contributed by atoms with E-state index in [1.165, 1.54) is 11.1 Å². The van der Waals surface area contributed by atoms with Crippen molar-refractivity contribution in [3.05, 3.63) is 71.0 Å². The third-order valence-electron chi connectivity index (χ3n) is 3.92. The Kier molecular flexibility index (Phi) is 3.34. The summed E-state index contributed by atoms with van der Waals surface area (Å²) in [6.45, 7) is 1.87. The number of rotatable bonds is 1. The first-order valence-electron chi connectivity index (χ1n) is 6.76. The molecule has 0 amide bonds. The van der Waals surface area contributed by atoms with Gasteiger partial charge in [-0.1, -0.05) is 36.4 Å². The van der Waals surface area contributed by atoms with Crippen LogP contribution in [0.4, 0.5) is 4.39 Å². The lowest BCUT2D eigenvalue weighted by atomic mass is 9.87. The van der Waals surface area contributed by atoms with Crippen molar-refractivity contribution in [2.24, 2.45) is 0 Å². The highest BCUT2D eigenvalue weighted by Gasteiger charge is 2.22. The zero-order chi connectivity index (χ0) is 13.2. The predicted octanol–water partition coefficient (Wildman–Crippen LogP) is 3.79. The van der Waals surface area contributed by atoms with Crippen molar-refractivity contribution in [3.8, 4) is 0 Å². The van der Waals surface area contributed by atoms with E-state index in [4.69, 9.17) is 0 Å². The lowest BCUT2D eigenvalue weighted by Crippen LogP contribution is -2.17. The van der Waals surface area contributed by atoms with Crippen LogP contribution in [0.2, 0.25) is 0 Å². The Bertz CT molecular complexity index is 565. The molecule has 1 aliphatic heterocycles. The van der Waals surface area contributed by atoms with Crippen LogP contribution < -0.4 is 0 Å². The molecule has 0 fully saturated rings. The molecule has 0 unspecified atom stereocenters. The SMILES string of the molecule is CN1CC[C@H](c2ccccc2)c2ccc(F)cc2C1. The summed E-state index contributed by atoms with van der Waals surface area (Å²) in [5, 5.41) is 0. The minimum Gasteiger partial charge on any atom is -0.302 e. The van der Waals surface area contributed by atoms with Crippen molar-refractivity contribution in [3.63, 3.8) is 0 Å². The maximum absolute atomic E-state index is 13.5. The molecular formula is C17H18FN. The molecule has 0 spiro atoms. The average molecular weight is 255 g/mol. The van der Waals surface area contributed by atoms with Crippen molar-refractivity contribution in [2.45, 2.75) is 18.9 Å². The minimum atomic E-state index is -0.138. The fraction of sp³-hybridized carbons (Fsp3) is 0.294. The average Bonchev–Trinajstić information content (AvgIpc) is 2.57. The second kappa shape index (κ2) is 5.14. The van der Waals surface area contributed by atoms with Gasteiger partial charge in [0.25, 0.3) is 0 Å². The van der Waals surface area contributed by atoms with E-state index in [9.17, 15) is 4.39 Å². The van der Waals surface area contributed by atoms with Gasteiger partial charge in [0.2, 0.25) is 0 Å². The van der Waals surface area contributed by atoms with Crippen LogP contribution >= 0.6 is 0 Å². The van der Waals surface area contributed by atoms with E-state index in [1.807, 2.05) is 12.1 Å². The van der Waals surface area contributed by atoms with E-state index in [2.05, 4.69) is 36.2 Å². The number of nitrogens with zero attached hydrogens (tertiary/aromatic N) is 1. The normalized spacial score (nSPS) is 19.8. The second-order valence-electron chi connectivity index (χ2n) is 5.33. The Hall–Kier alpha value is -1.67. The molecule has 0 N–H and O–H groups in total. The molecule has 1 aliphatic rings. The molecule has 19 heavy (non-hydrogen) atoms. The molecule has 0 aromatic heterocycles. The first kappa shape index (κ1) is 12.4. The lowest BCUT2D eigenvalue weighted by molar-refractivity contribution is 0.328. The van der Waals surface area contributed by atoms with Gasteiger partial charge in [-0.3, -0.25) is 0 Å². The zero-order valence-electron chi connectivity index (χ0n) is 11.1. The molecule has 0 aliphatic carbocycles. The molecule has 0 saturated heterocycles. The molecule has 0 saturated carbocycles. The summed E-state index contributed by atoms with van der Waals surface area (Å²) in [6, 6.07) is 15.8. The van der Waals surface area contributed by atoms with Gasteiger partial charge in [-0.25, -0.2) is 4.39 Å². The van der Waals surface area contributed by atoms with Crippen LogP contribution in [0.1, 0.15) is 29.0 Å². The van der Waals surface area contributed by atoms with Crippen molar-refractivity contribution >= 4 is 0 Å². The number of halogens is 1. The molecule has 0 bridgehead atoms. The lowest BCUT2D eigenvalue weighted by Gasteiger charge is -2.17. The summed E-state index contributed by atoms with van der Waals surface area (Å²) in [6.07, 6.45) is 1.08. The van der Waals surface area contributed by atoms with Crippen molar-refractivity contribution in [1.29, 1.82) is 0 Å². The number of benzene rings is 2. The monoisotopic (exact) mass is 255 g/mol. The Morgan fingerprint density at radius 3 is 2.68 bits per heavy atom. The smallest absolute Gasteiger partial charge is 0.123 e. The van der Waals surface area contributed by atoms with Gasteiger partial charge in [0, 0.05) is 12.5 Å². The fourth-order valence-electron chi connectivity index (χ4n) is 2.96. The summed E-state index contributed by atoms with van der Waals surface area (Å²) in [7, 11) is 2.10. The standard InChI is InChI=1S/C17H18FN/c1-19-10-9-17(13-5-3-2-4-6-13)16-8-7-15(18)11-14(16)12-19/h2-8,11,17H,9-10,12H2,1H3/t17-/m1/s1. The number of hydrogen-bond donors (Lipinski definition) is 0. The van der Waals surface area contributed by atoms with Gasteiger partial charge in [0.15, 0.2) is 0 Å². The van der Waals surface area contributed by atoms with E-state index in [0.717, 1.165) is 25.1 Å². The number of hydrogen-bond acceptors (Lipinski definition) is 1. The first-order valence-corrected chi connectivity index (χ1v) is 6.76. The summed E-state index contributed by atoms with van der Waals surface area (Å²) in [4.78, 5) is 2.27. The van der Waals surface area contributed by atoms with Crippen LogP contribution in [-0.4, -0.2) is 18.5 Å². The van der Waals surface area contributed by atoms with Crippen LogP contribution in [-0.2, 0) is 6.54 Å². The maximum atomic E-state index is 13.5. The van der Waals surface area contributed by atoms with Crippen molar-refractivity contribution < 1.29 is 4.39 Å². The topological polar surface area (TPSA) is 3.24 Å². The van der Waals surface area contributed by atoms with Gasteiger partial charge in [-0.05, 0) is 48.8 Å². The largest absolute Gasteiger partial charge is 0.302 e.